The van der Waals surface area contributed by atoms with Crippen LogP contribution in [0.2, 0.25) is 0 Å². The fraction of sp³-hybridized carbons (Fsp3) is 0.516. The Morgan fingerprint density at radius 1 is 1.00 bits per heavy atom. The highest BCUT2D eigenvalue weighted by atomic mass is 16.6. The number of hydrogen-bond donors (Lipinski definition) is 1. The van der Waals surface area contributed by atoms with E-state index in [-0.39, 0.29) is 17.4 Å². The predicted molar refractivity (Wildman–Crippen MR) is 159 cm³/mol. The van der Waals surface area contributed by atoms with Crippen LogP contribution < -0.4 is 15.0 Å². The van der Waals surface area contributed by atoms with Crippen molar-refractivity contribution in [1.29, 1.82) is 0 Å². The van der Waals surface area contributed by atoms with E-state index < -0.39 is 5.60 Å². The topological polar surface area (TPSA) is 88.9 Å². The average molecular weight is 550 g/mol. The Hall–Kier alpha value is -3.59. The molecule has 9 nitrogen and oxygen atoms in total. The van der Waals surface area contributed by atoms with Crippen LogP contribution in [0.15, 0.2) is 36.5 Å². The summed E-state index contributed by atoms with van der Waals surface area (Å²) in [6.07, 6.45) is 2.12. The number of ether oxygens (including phenoxy) is 2. The molecule has 1 aromatic carbocycles. The molecule has 3 aromatic rings. The zero-order valence-electron chi connectivity index (χ0n) is 25.1. The highest BCUT2D eigenvalue weighted by Crippen LogP contribution is 2.32. The van der Waals surface area contributed by atoms with E-state index in [1.54, 1.807) is 20.2 Å². The van der Waals surface area contributed by atoms with E-state index in [4.69, 9.17) is 9.47 Å². The minimum absolute atomic E-state index is 0.0193. The van der Waals surface area contributed by atoms with Crippen molar-refractivity contribution in [3.05, 3.63) is 47.8 Å². The number of benzene rings is 1. The molecule has 4 rings (SSSR count). The van der Waals surface area contributed by atoms with Crippen LogP contribution in [-0.2, 0) is 4.74 Å². The monoisotopic (exact) mass is 549 g/mol. The number of anilines is 1. The lowest BCUT2D eigenvalue weighted by molar-refractivity contribution is 0.0212. The first-order valence-electron chi connectivity index (χ1n) is 13.9. The minimum atomic E-state index is -0.536. The zero-order valence-corrected chi connectivity index (χ0v) is 25.1. The fourth-order valence-corrected chi connectivity index (χ4v) is 5.28. The summed E-state index contributed by atoms with van der Waals surface area (Å²) in [7, 11) is 1.59. The van der Waals surface area contributed by atoms with Gasteiger partial charge < -0.3 is 24.3 Å². The number of pyridine rings is 1. The van der Waals surface area contributed by atoms with Crippen LogP contribution in [0, 0.1) is 6.92 Å². The number of Topliss-reactive ketones (excluding diaryl/α,β-unsaturated/α-hetero) is 1. The Kier molecular flexibility index (Phi) is 8.44. The van der Waals surface area contributed by atoms with Crippen molar-refractivity contribution in [2.45, 2.75) is 66.0 Å². The molecule has 1 fully saturated rings. The molecule has 0 radical (unpaired) electrons. The van der Waals surface area contributed by atoms with Crippen LogP contribution in [0.5, 0.6) is 5.88 Å². The number of carbonyl (C=O) groups is 2. The van der Waals surface area contributed by atoms with Gasteiger partial charge >= 0.3 is 6.09 Å². The molecule has 1 aliphatic rings. The maximum atomic E-state index is 12.5. The van der Waals surface area contributed by atoms with Crippen molar-refractivity contribution in [1.82, 2.24) is 19.8 Å². The van der Waals surface area contributed by atoms with E-state index in [1.807, 2.05) is 47.6 Å². The van der Waals surface area contributed by atoms with Gasteiger partial charge in [0.1, 0.15) is 5.60 Å². The van der Waals surface area contributed by atoms with E-state index >= 15 is 0 Å². The van der Waals surface area contributed by atoms with E-state index in [1.165, 1.54) is 5.69 Å². The molecule has 1 saturated heterocycles. The quantitative estimate of drug-likeness (QED) is 0.379. The van der Waals surface area contributed by atoms with Gasteiger partial charge in [-0.2, -0.15) is 0 Å². The second kappa shape index (κ2) is 11.5. The SMILES string of the molecule is COc1cc2c(cn1)c(C(C)=O)c(C)n2-c1ccc(N2CCN(CCC(C)(C)OC(=O)NC(C)(C)C)CC2)cc1. The third-order valence-corrected chi connectivity index (χ3v) is 7.35. The Bertz CT molecular complexity index is 1360. The molecule has 3 heterocycles. The standard InChI is InChI=1S/C31H43N5O4/c1-21-28(22(2)37)25-20-32-27(39-8)19-26(25)36(21)24-11-9-23(10-12-24)35-17-15-34(16-18-35)14-13-31(6,7)40-29(38)33-30(3,4)5/h9-12,19-20H,13-18H2,1-8H3,(H,33,38). The van der Waals surface area contributed by atoms with E-state index in [0.29, 0.717) is 11.4 Å². The first-order chi connectivity index (χ1) is 18.8. The molecule has 2 aromatic heterocycles. The molecule has 0 unspecified atom stereocenters. The van der Waals surface area contributed by atoms with E-state index in [9.17, 15) is 9.59 Å². The lowest BCUT2D eigenvalue weighted by atomic mass is 10.0. The second-order valence-corrected chi connectivity index (χ2v) is 12.2. The lowest BCUT2D eigenvalue weighted by Gasteiger charge is -2.37. The molecular formula is C31H43N5O4. The minimum Gasteiger partial charge on any atom is -0.481 e. The summed E-state index contributed by atoms with van der Waals surface area (Å²) in [4.78, 5) is 33.8. The Morgan fingerprint density at radius 2 is 1.62 bits per heavy atom. The third kappa shape index (κ3) is 6.75. The maximum absolute atomic E-state index is 12.5. The van der Waals surface area contributed by atoms with Crippen LogP contribution in [0.1, 0.15) is 64.0 Å². The number of alkyl carbamates (subject to hydrolysis) is 1. The van der Waals surface area contributed by atoms with Crippen LogP contribution in [0.25, 0.3) is 16.6 Å². The molecule has 0 saturated carbocycles. The van der Waals surface area contributed by atoms with Gasteiger partial charge in [0.25, 0.3) is 0 Å². The van der Waals surface area contributed by atoms with Crippen molar-refractivity contribution in [2.24, 2.45) is 0 Å². The third-order valence-electron chi connectivity index (χ3n) is 7.35. The number of hydrogen-bond acceptors (Lipinski definition) is 7. The van der Waals surface area contributed by atoms with Gasteiger partial charge in [0.05, 0.1) is 12.6 Å². The molecule has 0 spiro atoms. The lowest BCUT2D eigenvalue weighted by Crippen LogP contribution is -2.48. The normalized spacial score (nSPS) is 14.8. The Morgan fingerprint density at radius 3 is 2.20 bits per heavy atom. The first kappa shape index (κ1) is 29.4. The number of nitrogens with zero attached hydrogens (tertiary/aromatic N) is 4. The van der Waals surface area contributed by atoms with Crippen LogP contribution in [0.4, 0.5) is 10.5 Å². The van der Waals surface area contributed by atoms with Gasteiger partial charge in [-0.05, 0) is 79.2 Å². The number of amides is 1. The molecule has 0 atom stereocenters. The molecule has 0 aliphatic carbocycles. The van der Waals surface area contributed by atoms with E-state index in [0.717, 1.165) is 61.4 Å². The number of ketones is 1. The molecule has 1 N–H and O–H groups in total. The van der Waals surface area contributed by atoms with Crippen molar-refractivity contribution in [3.63, 3.8) is 0 Å². The summed E-state index contributed by atoms with van der Waals surface area (Å²) in [6.45, 7) is 17.9. The summed E-state index contributed by atoms with van der Waals surface area (Å²) in [5.41, 5.74) is 3.79. The van der Waals surface area contributed by atoms with Crippen LogP contribution in [-0.4, -0.2) is 77.3 Å². The summed E-state index contributed by atoms with van der Waals surface area (Å²) < 4.78 is 13.1. The van der Waals surface area contributed by atoms with Crippen molar-refractivity contribution in [2.75, 3.05) is 44.7 Å². The summed E-state index contributed by atoms with van der Waals surface area (Å²) >= 11 is 0. The van der Waals surface area contributed by atoms with Gasteiger partial charge in [-0.1, -0.05) is 0 Å². The van der Waals surface area contributed by atoms with Gasteiger partial charge in [0.2, 0.25) is 5.88 Å². The molecular weight excluding hydrogens is 506 g/mol. The van der Waals surface area contributed by atoms with Gasteiger partial charge in [-0.3, -0.25) is 9.69 Å². The fourth-order valence-electron chi connectivity index (χ4n) is 5.28. The molecule has 0 bridgehead atoms. The van der Waals surface area contributed by atoms with E-state index in [2.05, 4.69) is 48.9 Å². The van der Waals surface area contributed by atoms with Crippen molar-refractivity contribution < 1.29 is 19.1 Å². The highest BCUT2D eigenvalue weighted by Gasteiger charge is 2.27. The number of methoxy groups -OCH3 is 1. The van der Waals surface area contributed by atoms with Crippen molar-refractivity contribution in [3.8, 4) is 11.6 Å². The number of carbonyl (C=O) groups excluding carboxylic acids is 2. The predicted octanol–water partition coefficient (Wildman–Crippen LogP) is 5.36. The smallest absolute Gasteiger partial charge is 0.408 e. The maximum Gasteiger partial charge on any atom is 0.408 e. The Labute approximate surface area is 237 Å². The zero-order chi connectivity index (χ0) is 29.2. The largest absolute Gasteiger partial charge is 0.481 e. The number of piperazine rings is 1. The molecule has 1 aliphatic heterocycles. The number of aromatic nitrogens is 2. The average Bonchev–Trinajstić information content (AvgIpc) is 3.17. The summed E-state index contributed by atoms with van der Waals surface area (Å²) in [5, 5.41) is 3.70. The number of rotatable bonds is 8. The van der Waals surface area contributed by atoms with Gasteiger partial charge in [0, 0.05) is 78.5 Å². The molecule has 9 heteroatoms. The van der Waals surface area contributed by atoms with Gasteiger partial charge in [-0.15, -0.1) is 0 Å². The molecule has 1 amide bonds. The number of nitrogens with one attached hydrogen (secondary N) is 1. The van der Waals surface area contributed by atoms with Crippen LogP contribution in [0.3, 0.4) is 0 Å². The van der Waals surface area contributed by atoms with Crippen LogP contribution >= 0.6 is 0 Å². The van der Waals surface area contributed by atoms with Gasteiger partial charge in [0.15, 0.2) is 5.78 Å². The van der Waals surface area contributed by atoms with Gasteiger partial charge in [-0.25, -0.2) is 9.78 Å². The molecule has 40 heavy (non-hydrogen) atoms. The number of fused-ring (bicyclic) bond motifs is 1. The summed E-state index contributed by atoms with van der Waals surface area (Å²) in [5.74, 6) is 0.532. The van der Waals surface area contributed by atoms with Crippen molar-refractivity contribution >= 4 is 28.5 Å². The summed E-state index contributed by atoms with van der Waals surface area (Å²) in [6, 6.07) is 10.4. The highest BCUT2D eigenvalue weighted by molar-refractivity contribution is 6.08. The Balaban J connectivity index is 1.39. The second-order valence-electron chi connectivity index (χ2n) is 12.2. The molecule has 216 valence electrons. The first-order valence-corrected chi connectivity index (χ1v) is 13.9.